The summed E-state index contributed by atoms with van der Waals surface area (Å²) in [5.41, 5.74) is 1.02. The fourth-order valence-electron chi connectivity index (χ4n) is 2.71. The maximum absolute atomic E-state index is 9.69. The number of rotatable bonds is 7. The molecule has 3 atom stereocenters. The lowest BCUT2D eigenvalue weighted by atomic mass is 9.92. The first kappa shape index (κ1) is 17.0. The van der Waals surface area contributed by atoms with Crippen LogP contribution in [0.1, 0.15) is 37.8 Å². The number of hydrogen-bond donors (Lipinski definition) is 2. The molecule has 2 N–H and O–H groups in total. The normalized spacial score (nSPS) is 21.4. The van der Waals surface area contributed by atoms with E-state index in [0.29, 0.717) is 10.9 Å². The molecule has 0 aromatic heterocycles. The average molecular weight is 332 g/mol. The predicted molar refractivity (Wildman–Crippen MR) is 87.0 cm³/mol. The summed E-state index contributed by atoms with van der Waals surface area (Å²) in [6.07, 6.45) is 2.26. The van der Waals surface area contributed by atoms with E-state index in [4.69, 9.17) is 27.9 Å². The largest absolute Gasteiger partial charge is 0.393 e. The van der Waals surface area contributed by atoms with Gasteiger partial charge in [0.05, 0.1) is 12.7 Å². The molecule has 1 aliphatic rings. The van der Waals surface area contributed by atoms with Crippen molar-refractivity contribution < 1.29 is 9.84 Å². The van der Waals surface area contributed by atoms with Crippen molar-refractivity contribution in [2.24, 2.45) is 5.92 Å². The van der Waals surface area contributed by atoms with Gasteiger partial charge in [-0.25, -0.2) is 0 Å². The maximum atomic E-state index is 9.69. The van der Waals surface area contributed by atoms with Crippen molar-refractivity contribution in [2.45, 2.75) is 38.3 Å². The van der Waals surface area contributed by atoms with Crippen LogP contribution in [0.15, 0.2) is 18.2 Å². The zero-order chi connectivity index (χ0) is 15.2. The van der Waals surface area contributed by atoms with Crippen LogP contribution in [0, 0.1) is 5.92 Å². The van der Waals surface area contributed by atoms with Gasteiger partial charge >= 0.3 is 0 Å². The summed E-state index contributed by atoms with van der Waals surface area (Å²) >= 11 is 12.5. The highest BCUT2D eigenvalue weighted by molar-refractivity contribution is 6.33. The van der Waals surface area contributed by atoms with Gasteiger partial charge in [0.25, 0.3) is 0 Å². The van der Waals surface area contributed by atoms with Gasteiger partial charge in [-0.1, -0.05) is 30.1 Å². The van der Waals surface area contributed by atoms with Gasteiger partial charge in [-0.05, 0) is 49.6 Å². The van der Waals surface area contributed by atoms with Gasteiger partial charge in [-0.3, -0.25) is 0 Å². The maximum Gasteiger partial charge on any atom is 0.0549 e. The highest BCUT2D eigenvalue weighted by atomic mass is 35.5. The third kappa shape index (κ3) is 4.83. The molecule has 1 aromatic carbocycles. The minimum absolute atomic E-state index is 0.114. The van der Waals surface area contributed by atoms with Gasteiger partial charge in [0, 0.05) is 28.6 Å². The first-order chi connectivity index (χ1) is 10.1. The lowest BCUT2D eigenvalue weighted by Crippen LogP contribution is -2.31. The molecule has 2 rings (SSSR count). The van der Waals surface area contributed by atoms with E-state index in [1.807, 2.05) is 19.1 Å². The molecule has 5 heteroatoms. The fourth-order valence-corrected chi connectivity index (χ4v) is 3.12. The van der Waals surface area contributed by atoms with Gasteiger partial charge in [0.2, 0.25) is 0 Å². The van der Waals surface area contributed by atoms with Gasteiger partial charge in [-0.2, -0.15) is 0 Å². The zero-order valence-corrected chi connectivity index (χ0v) is 13.8. The van der Waals surface area contributed by atoms with Gasteiger partial charge in [0.1, 0.15) is 0 Å². The smallest absolute Gasteiger partial charge is 0.0549 e. The van der Waals surface area contributed by atoms with Crippen molar-refractivity contribution in [3.05, 3.63) is 33.8 Å². The second kappa shape index (κ2) is 8.35. The Bertz CT molecular complexity index is 450. The SMILES string of the molecule is CCC(O)CCNC(c1cc(Cl)ccc1Cl)C1CCOC1. The predicted octanol–water partition coefficient (Wildman–Crippen LogP) is 3.82. The van der Waals surface area contributed by atoms with Crippen LogP contribution < -0.4 is 5.32 Å². The Balaban J connectivity index is 2.09. The summed E-state index contributed by atoms with van der Waals surface area (Å²) in [6, 6.07) is 5.68. The number of hydrogen-bond acceptors (Lipinski definition) is 3. The number of nitrogens with one attached hydrogen (secondary N) is 1. The molecule has 1 saturated heterocycles. The van der Waals surface area contributed by atoms with E-state index in [-0.39, 0.29) is 12.1 Å². The van der Waals surface area contributed by atoms with Gasteiger partial charge < -0.3 is 15.2 Å². The molecule has 0 bridgehead atoms. The Morgan fingerprint density at radius 3 is 2.90 bits per heavy atom. The minimum Gasteiger partial charge on any atom is -0.393 e. The summed E-state index contributed by atoms with van der Waals surface area (Å²) in [7, 11) is 0. The van der Waals surface area contributed by atoms with Crippen LogP contribution >= 0.6 is 23.2 Å². The summed E-state index contributed by atoms with van der Waals surface area (Å²) < 4.78 is 5.51. The van der Waals surface area contributed by atoms with Crippen molar-refractivity contribution in [2.75, 3.05) is 19.8 Å². The summed E-state index contributed by atoms with van der Waals surface area (Å²) in [5.74, 6) is 0.389. The molecule has 1 fully saturated rings. The van der Waals surface area contributed by atoms with Crippen LogP contribution in [-0.2, 0) is 4.74 Å². The molecule has 0 aliphatic carbocycles. The number of aliphatic hydroxyl groups is 1. The van der Waals surface area contributed by atoms with Crippen LogP contribution in [0.3, 0.4) is 0 Å². The van der Waals surface area contributed by atoms with Crippen molar-refractivity contribution in [3.8, 4) is 0 Å². The number of aliphatic hydroxyl groups excluding tert-OH is 1. The Morgan fingerprint density at radius 1 is 1.43 bits per heavy atom. The topological polar surface area (TPSA) is 41.5 Å². The van der Waals surface area contributed by atoms with Crippen LogP contribution in [0.2, 0.25) is 10.0 Å². The van der Waals surface area contributed by atoms with E-state index in [9.17, 15) is 5.11 Å². The second-order valence-electron chi connectivity index (χ2n) is 5.57. The summed E-state index contributed by atoms with van der Waals surface area (Å²) in [6.45, 7) is 4.26. The van der Waals surface area contributed by atoms with E-state index in [1.54, 1.807) is 6.07 Å². The molecule has 0 amide bonds. The van der Waals surface area contributed by atoms with E-state index < -0.39 is 0 Å². The zero-order valence-electron chi connectivity index (χ0n) is 12.3. The monoisotopic (exact) mass is 331 g/mol. The molecular weight excluding hydrogens is 309 g/mol. The molecular formula is C16H23Cl2NO2. The van der Waals surface area contributed by atoms with Crippen molar-refractivity contribution in [1.82, 2.24) is 5.32 Å². The molecule has 3 unspecified atom stereocenters. The molecule has 0 saturated carbocycles. The molecule has 0 spiro atoms. The molecule has 3 nitrogen and oxygen atoms in total. The number of halogens is 2. The summed E-state index contributed by atoms with van der Waals surface area (Å²) in [5, 5.41) is 14.6. The Hall–Kier alpha value is -0.320. The molecule has 118 valence electrons. The van der Waals surface area contributed by atoms with Crippen LogP contribution in [0.25, 0.3) is 0 Å². The van der Waals surface area contributed by atoms with Crippen molar-refractivity contribution in [1.29, 1.82) is 0 Å². The molecule has 1 aliphatic heterocycles. The molecule has 1 aromatic rings. The number of benzene rings is 1. The lowest BCUT2D eigenvalue weighted by Gasteiger charge is -2.26. The van der Waals surface area contributed by atoms with E-state index in [0.717, 1.165) is 49.6 Å². The first-order valence-corrected chi connectivity index (χ1v) is 8.31. The quantitative estimate of drug-likeness (QED) is 0.797. The van der Waals surface area contributed by atoms with E-state index in [1.165, 1.54) is 0 Å². The van der Waals surface area contributed by atoms with Crippen molar-refractivity contribution in [3.63, 3.8) is 0 Å². The van der Waals surface area contributed by atoms with E-state index in [2.05, 4.69) is 5.32 Å². The van der Waals surface area contributed by atoms with E-state index >= 15 is 0 Å². The third-order valence-corrected chi connectivity index (χ3v) is 4.62. The molecule has 1 heterocycles. The Kier molecular flexibility index (Phi) is 6.77. The Morgan fingerprint density at radius 2 is 2.24 bits per heavy atom. The highest BCUT2D eigenvalue weighted by Gasteiger charge is 2.28. The average Bonchev–Trinajstić information content (AvgIpc) is 3.00. The molecule has 0 radical (unpaired) electrons. The second-order valence-corrected chi connectivity index (χ2v) is 6.42. The molecule has 21 heavy (non-hydrogen) atoms. The van der Waals surface area contributed by atoms with Crippen LogP contribution in [0.4, 0.5) is 0 Å². The lowest BCUT2D eigenvalue weighted by molar-refractivity contribution is 0.153. The highest BCUT2D eigenvalue weighted by Crippen LogP contribution is 2.34. The Labute approximate surface area is 136 Å². The minimum atomic E-state index is -0.257. The standard InChI is InChI=1S/C16H23Cl2NO2/c1-2-13(20)5-7-19-16(11-6-8-21-10-11)14-9-12(17)3-4-15(14)18/h3-4,9,11,13,16,19-20H,2,5-8,10H2,1H3. The van der Waals surface area contributed by atoms with Crippen LogP contribution in [-0.4, -0.2) is 31.0 Å². The van der Waals surface area contributed by atoms with Gasteiger partial charge in [0.15, 0.2) is 0 Å². The fraction of sp³-hybridized carbons (Fsp3) is 0.625. The van der Waals surface area contributed by atoms with Crippen molar-refractivity contribution >= 4 is 23.2 Å². The summed E-state index contributed by atoms with van der Waals surface area (Å²) in [4.78, 5) is 0. The number of ether oxygens (including phenoxy) is 1. The first-order valence-electron chi connectivity index (χ1n) is 7.56. The third-order valence-electron chi connectivity index (χ3n) is 4.04. The van der Waals surface area contributed by atoms with Gasteiger partial charge in [-0.15, -0.1) is 0 Å². The van der Waals surface area contributed by atoms with Crippen LogP contribution in [0.5, 0.6) is 0 Å².